The van der Waals surface area contributed by atoms with Crippen LogP contribution in [0.3, 0.4) is 0 Å². The Morgan fingerprint density at radius 1 is 1.15 bits per heavy atom. The van der Waals surface area contributed by atoms with Crippen LogP contribution in [0.4, 0.5) is 8.78 Å². The van der Waals surface area contributed by atoms with Gasteiger partial charge in [0.1, 0.15) is 18.2 Å². The van der Waals surface area contributed by atoms with Crippen molar-refractivity contribution in [1.82, 2.24) is 10.2 Å². The van der Waals surface area contributed by atoms with Crippen LogP contribution < -0.4 is 5.32 Å². The zero-order valence-corrected chi connectivity index (χ0v) is 19.1. The van der Waals surface area contributed by atoms with Crippen molar-refractivity contribution in [3.63, 3.8) is 0 Å². The topological polar surface area (TPSA) is 130 Å². The van der Waals surface area contributed by atoms with Crippen LogP contribution in [0.1, 0.15) is 27.9 Å². The summed E-state index contributed by atoms with van der Waals surface area (Å²) in [6.07, 6.45) is -0.977. The molecule has 1 unspecified atom stereocenters. The number of carboxylic acid groups (broad SMARTS) is 1. The maximum absolute atomic E-state index is 14.5. The second kappa shape index (κ2) is 9.67. The van der Waals surface area contributed by atoms with Gasteiger partial charge in [0.2, 0.25) is 5.91 Å². The monoisotopic (exact) mass is 538 g/mol. The van der Waals surface area contributed by atoms with E-state index in [-0.39, 0.29) is 11.1 Å². The van der Waals surface area contributed by atoms with Crippen LogP contribution >= 0.6 is 15.9 Å². The number of carboxylic acids is 1. The summed E-state index contributed by atoms with van der Waals surface area (Å²) in [7, 11) is 0.931. The van der Waals surface area contributed by atoms with E-state index in [2.05, 4.69) is 15.9 Å². The molecule has 0 aromatic heterocycles. The van der Waals surface area contributed by atoms with E-state index in [1.165, 1.54) is 12.1 Å². The molecule has 0 radical (unpaired) electrons. The minimum Gasteiger partial charge on any atom is -0.480 e. The number of fused-ring (bicyclic) bond motifs is 1. The lowest BCUT2D eigenvalue weighted by Gasteiger charge is -2.39. The number of imide groups is 1. The third-order valence-electron chi connectivity index (χ3n) is 5.27. The van der Waals surface area contributed by atoms with Crippen LogP contribution in [-0.4, -0.2) is 53.3 Å². The number of aliphatic carboxylic acids is 1. The van der Waals surface area contributed by atoms with E-state index in [4.69, 9.17) is 9.84 Å². The fraction of sp³-hybridized carbons (Fsp3) is 0.227. The molecule has 0 saturated heterocycles. The number of carbonyl (C=O) groups is 5. The molecule has 0 bridgehead atoms. The number of halogens is 3. The standard InChI is InChI=1S/C22H17BrF2N2O7/c1-34-21(33)22(8-17(28)26-9-18(29)30)15-7-13(24)4-5-14(15)19(31)27(20(22)32)10-11-2-3-12(23)6-16(11)25/h2-7H,8-10H2,1H3,(H,26,28)(H,29,30). The quantitative estimate of drug-likeness (QED) is 0.313. The van der Waals surface area contributed by atoms with Crippen molar-refractivity contribution in [1.29, 1.82) is 0 Å². The molecule has 3 amide bonds. The molecular formula is C22H17BrF2N2O7. The van der Waals surface area contributed by atoms with Gasteiger partial charge in [-0.25, -0.2) is 8.78 Å². The van der Waals surface area contributed by atoms with Gasteiger partial charge in [-0.3, -0.25) is 28.9 Å². The number of nitrogens with one attached hydrogen (secondary N) is 1. The molecule has 0 spiro atoms. The normalized spacial score (nSPS) is 17.2. The Balaban J connectivity index is 2.17. The third kappa shape index (κ3) is 4.53. The van der Waals surface area contributed by atoms with E-state index >= 15 is 0 Å². The van der Waals surface area contributed by atoms with Crippen LogP contribution in [0.5, 0.6) is 0 Å². The number of amides is 3. The largest absolute Gasteiger partial charge is 0.480 e. The minimum absolute atomic E-state index is 0.0652. The highest BCUT2D eigenvalue weighted by molar-refractivity contribution is 9.10. The fourth-order valence-electron chi connectivity index (χ4n) is 3.70. The number of esters is 1. The SMILES string of the molecule is COC(=O)C1(CC(=O)NCC(=O)O)C(=O)N(Cc2ccc(Br)cc2F)C(=O)c2ccc(F)cc21. The predicted octanol–water partition coefficient (Wildman–Crippen LogP) is 1.91. The molecule has 2 N–H and O–H groups in total. The van der Waals surface area contributed by atoms with Crippen LogP contribution in [0.25, 0.3) is 0 Å². The van der Waals surface area contributed by atoms with Gasteiger partial charge in [0.05, 0.1) is 20.1 Å². The van der Waals surface area contributed by atoms with E-state index in [1.807, 2.05) is 5.32 Å². The van der Waals surface area contributed by atoms with Gasteiger partial charge in [-0.05, 0) is 35.9 Å². The Hall–Kier alpha value is -3.67. The van der Waals surface area contributed by atoms with Crippen molar-refractivity contribution < 1.29 is 42.6 Å². The van der Waals surface area contributed by atoms with E-state index in [9.17, 15) is 32.8 Å². The van der Waals surface area contributed by atoms with Crippen LogP contribution in [0.15, 0.2) is 40.9 Å². The van der Waals surface area contributed by atoms with Crippen molar-refractivity contribution in [3.05, 3.63) is 69.2 Å². The molecule has 1 aliphatic heterocycles. The lowest BCUT2D eigenvalue weighted by molar-refractivity contribution is -0.158. The van der Waals surface area contributed by atoms with Gasteiger partial charge < -0.3 is 15.2 Å². The lowest BCUT2D eigenvalue weighted by Crippen LogP contribution is -2.59. The van der Waals surface area contributed by atoms with Crippen molar-refractivity contribution in [2.45, 2.75) is 18.4 Å². The Kier molecular flexibility index (Phi) is 7.10. The molecule has 178 valence electrons. The van der Waals surface area contributed by atoms with Gasteiger partial charge >= 0.3 is 11.9 Å². The first-order valence-corrected chi connectivity index (χ1v) is 10.5. The Morgan fingerprint density at radius 2 is 1.85 bits per heavy atom. The summed E-state index contributed by atoms with van der Waals surface area (Å²) in [5.41, 5.74) is -3.26. The molecule has 0 saturated carbocycles. The number of carbonyl (C=O) groups excluding carboxylic acids is 4. The summed E-state index contributed by atoms with van der Waals surface area (Å²) in [5.74, 6) is -7.52. The fourth-order valence-corrected chi connectivity index (χ4v) is 4.03. The molecule has 1 aliphatic rings. The van der Waals surface area contributed by atoms with E-state index in [0.717, 1.165) is 31.4 Å². The van der Waals surface area contributed by atoms with Crippen LogP contribution in [0.2, 0.25) is 0 Å². The van der Waals surface area contributed by atoms with E-state index < -0.39 is 71.8 Å². The molecule has 2 aromatic rings. The smallest absolute Gasteiger partial charge is 0.326 e. The lowest BCUT2D eigenvalue weighted by atomic mass is 9.71. The molecule has 0 aliphatic carbocycles. The highest BCUT2D eigenvalue weighted by atomic mass is 79.9. The Labute approximate surface area is 199 Å². The molecular weight excluding hydrogens is 522 g/mol. The number of benzene rings is 2. The zero-order valence-electron chi connectivity index (χ0n) is 17.6. The van der Waals surface area contributed by atoms with Crippen LogP contribution in [0, 0.1) is 11.6 Å². The first-order chi connectivity index (χ1) is 16.0. The van der Waals surface area contributed by atoms with Gasteiger partial charge in [0.15, 0.2) is 5.41 Å². The molecule has 9 nitrogen and oxygen atoms in total. The average molecular weight is 539 g/mol. The first kappa shape index (κ1) is 25.0. The van der Waals surface area contributed by atoms with Gasteiger partial charge in [-0.1, -0.05) is 22.0 Å². The first-order valence-electron chi connectivity index (χ1n) is 9.68. The number of ether oxygens (including phenoxy) is 1. The summed E-state index contributed by atoms with van der Waals surface area (Å²) in [4.78, 5) is 63.7. The second-order valence-electron chi connectivity index (χ2n) is 7.37. The van der Waals surface area contributed by atoms with Crippen molar-refractivity contribution >= 4 is 45.6 Å². The maximum atomic E-state index is 14.5. The number of hydrogen-bond donors (Lipinski definition) is 2. The molecule has 2 aromatic carbocycles. The van der Waals surface area contributed by atoms with Crippen LogP contribution in [-0.2, 0) is 35.9 Å². The summed E-state index contributed by atoms with van der Waals surface area (Å²) in [5, 5.41) is 10.8. The van der Waals surface area contributed by atoms with Gasteiger partial charge in [0, 0.05) is 15.6 Å². The number of nitrogens with zero attached hydrogens (tertiary/aromatic N) is 1. The summed E-state index contributed by atoms with van der Waals surface area (Å²) in [6, 6.07) is 6.65. The number of methoxy groups -OCH3 is 1. The summed E-state index contributed by atoms with van der Waals surface area (Å²) in [6.45, 7) is -1.41. The van der Waals surface area contributed by atoms with Crippen molar-refractivity contribution in [3.8, 4) is 0 Å². The van der Waals surface area contributed by atoms with Crippen molar-refractivity contribution in [2.75, 3.05) is 13.7 Å². The Morgan fingerprint density at radius 3 is 2.47 bits per heavy atom. The second-order valence-corrected chi connectivity index (χ2v) is 8.28. The summed E-state index contributed by atoms with van der Waals surface area (Å²) < 4.78 is 33.8. The molecule has 12 heteroatoms. The number of hydrogen-bond acceptors (Lipinski definition) is 6. The molecule has 1 heterocycles. The molecule has 3 rings (SSSR count). The maximum Gasteiger partial charge on any atom is 0.326 e. The van der Waals surface area contributed by atoms with Gasteiger partial charge in [0.25, 0.3) is 11.8 Å². The van der Waals surface area contributed by atoms with E-state index in [1.54, 1.807) is 0 Å². The Bertz CT molecular complexity index is 1220. The van der Waals surface area contributed by atoms with Gasteiger partial charge in [-0.2, -0.15) is 0 Å². The van der Waals surface area contributed by atoms with Gasteiger partial charge in [-0.15, -0.1) is 0 Å². The number of rotatable bonds is 7. The summed E-state index contributed by atoms with van der Waals surface area (Å²) >= 11 is 3.10. The highest BCUT2D eigenvalue weighted by Gasteiger charge is 2.58. The minimum atomic E-state index is -2.52. The zero-order chi connectivity index (χ0) is 25.2. The highest BCUT2D eigenvalue weighted by Crippen LogP contribution is 2.40. The van der Waals surface area contributed by atoms with E-state index in [0.29, 0.717) is 9.37 Å². The average Bonchev–Trinajstić information content (AvgIpc) is 2.78. The molecule has 34 heavy (non-hydrogen) atoms. The predicted molar refractivity (Wildman–Crippen MR) is 114 cm³/mol. The molecule has 0 fully saturated rings. The van der Waals surface area contributed by atoms with Crippen molar-refractivity contribution in [2.24, 2.45) is 0 Å². The molecule has 1 atom stereocenters. The third-order valence-corrected chi connectivity index (χ3v) is 5.76.